The average molecular weight is 240 g/mol. The van der Waals surface area contributed by atoms with Crippen molar-refractivity contribution in [2.24, 2.45) is 0 Å². The molecular weight excluding hydrogens is 230 g/mol. The lowest BCUT2D eigenvalue weighted by molar-refractivity contribution is 0.412. The largest absolute Gasteiger partial charge is 0.496 e. The number of benzene rings is 1. The van der Waals surface area contributed by atoms with Crippen LogP contribution in [-0.4, -0.2) is 7.11 Å². The topological polar surface area (TPSA) is 33.0 Å². The number of hydrogen-bond donors (Lipinski definition) is 0. The molecule has 1 aromatic rings. The highest BCUT2D eigenvalue weighted by Crippen LogP contribution is 2.25. The van der Waals surface area contributed by atoms with E-state index in [9.17, 15) is 0 Å². The SMILES string of the molecule is COc1ccc(CCC#N)cc1Br. The second kappa shape index (κ2) is 4.88. The Kier molecular flexibility index (Phi) is 3.78. The molecule has 2 nitrogen and oxygen atoms in total. The quantitative estimate of drug-likeness (QED) is 0.813. The first kappa shape index (κ1) is 10.1. The standard InChI is InChI=1S/C10H10BrNO/c1-13-10-5-4-8(3-2-6-12)7-9(10)11/h4-5,7H,2-3H2,1H3. The molecule has 0 bridgehead atoms. The van der Waals surface area contributed by atoms with Crippen LogP contribution in [-0.2, 0) is 6.42 Å². The van der Waals surface area contributed by atoms with Crippen molar-refractivity contribution >= 4 is 15.9 Å². The van der Waals surface area contributed by atoms with Gasteiger partial charge in [-0.2, -0.15) is 5.26 Å². The molecule has 0 saturated heterocycles. The number of ether oxygens (including phenoxy) is 1. The summed E-state index contributed by atoms with van der Waals surface area (Å²) >= 11 is 3.39. The third-order valence-electron chi connectivity index (χ3n) is 1.74. The van der Waals surface area contributed by atoms with Gasteiger partial charge in [0.25, 0.3) is 0 Å². The Morgan fingerprint density at radius 3 is 2.85 bits per heavy atom. The van der Waals surface area contributed by atoms with Crippen molar-refractivity contribution in [3.8, 4) is 11.8 Å². The van der Waals surface area contributed by atoms with Crippen LogP contribution >= 0.6 is 15.9 Å². The number of nitriles is 1. The first-order valence-electron chi connectivity index (χ1n) is 3.97. The molecule has 0 aliphatic heterocycles. The monoisotopic (exact) mass is 239 g/mol. The second-order valence-corrected chi connectivity index (χ2v) is 3.48. The summed E-state index contributed by atoms with van der Waals surface area (Å²) in [6.07, 6.45) is 1.35. The Hall–Kier alpha value is -1.01. The Morgan fingerprint density at radius 2 is 2.31 bits per heavy atom. The molecular formula is C10H10BrNO. The Balaban J connectivity index is 2.78. The normalized spacial score (nSPS) is 9.31. The molecule has 0 fully saturated rings. The first-order valence-corrected chi connectivity index (χ1v) is 4.76. The van der Waals surface area contributed by atoms with E-state index in [1.165, 1.54) is 0 Å². The van der Waals surface area contributed by atoms with Gasteiger partial charge in [0.05, 0.1) is 17.7 Å². The summed E-state index contributed by atoms with van der Waals surface area (Å²) in [5.74, 6) is 0.820. The molecule has 3 heteroatoms. The van der Waals surface area contributed by atoms with E-state index in [2.05, 4.69) is 22.0 Å². The minimum absolute atomic E-state index is 0.554. The van der Waals surface area contributed by atoms with Gasteiger partial charge < -0.3 is 4.74 Å². The van der Waals surface area contributed by atoms with Crippen LogP contribution in [0, 0.1) is 11.3 Å². The van der Waals surface area contributed by atoms with E-state index in [0.29, 0.717) is 6.42 Å². The van der Waals surface area contributed by atoms with Crippen molar-refractivity contribution in [1.82, 2.24) is 0 Å². The summed E-state index contributed by atoms with van der Waals surface area (Å²) < 4.78 is 6.03. The van der Waals surface area contributed by atoms with E-state index < -0.39 is 0 Å². The van der Waals surface area contributed by atoms with Crippen molar-refractivity contribution in [1.29, 1.82) is 5.26 Å². The zero-order valence-corrected chi connectivity index (χ0v) is 8.97. The first-order chi connectivity index (χ1) is 6.27. The highest BCUT2D eigenvalue weighted by atomic mass is 79.9. The number of hydrogen-bond acceptors (Lipinski definition) is 2. The molecule has 0 radical (unpaired) electrons. The number of halogens is 1. The molecule has 0 spiro atoms. The van der Waals surface area contributed by atoms with Crippen molar-refractivity contribution < 1.29 is 4.74 Å². The number of nitrogens with zero attached hydrogens (tertiary/aromatic N) is 1. The molecule has 0 aliphatic rings. The van der Waals surface area contributed by atoms with Crippen LogP contribution in [0.3, 0.4) is 0 Å². The van der Waals surface area contributed by atoms with Gasteiger partial charge in [0.2, 0.25) is 0 Å². The highest BCUT2D eigenvalue weighted by molar-refractivity contribution is 9.10. The fraction of sp³-hybridized carbons (Fsp3) is 0.300. The Labute approximate surface area is 86.3 Å². The van der Waals surface area contributed by atoms with Gasteiger partial charge in [0, 0.05) is 6.42 Å². The molecule has 1 rings (SSSR count). The minimum Gasteiger partial charge on any atom is -0.496 e. The fourth-order valence-electron chi connectivity index (χ4n) is 1.07. The summed E-state index contributed by atoms with van der Waals surface area (Å²) in [4.78, 5) is 0. The molecule has 0 aromatic heterocycles. The van der Waals surface area contributed by atoms with E-state index in [-0.39, 0.29) is 0 Å². The second-order valence-electron chi connectivity index (χ2n) is 2.63. The van der Waals surface area contributed by atoms with Crippen LogP contribution < -0.4 is 4.74 Å². The van der Waals surface area contributed by atoms with Gasteiger partial charge in [-0.25, -0.2) is 0 Å². The zero-order valence-electron chi connectivity index (χ0n) is 7.38. The van der Waals surface area contributed by atoms with Crippen LogP contribution in [0.25, 0.3) is 0 Å². The van der Waals surface area contributed by atoms with Gasteiger partial charge in [-0.05, 0) is 40.0 Å². The zero-order chi connectivity index (χ0) is 9.68. The van der Waals surface area contributed by atoms with E-state index in [1.807, 2.05) is 18.2 Å². The van der Waals surface area contributed by atoms with Gasteiger partial charge in [0.1, 0.15) is 5.75 Å². The molecule has 0 atom stereocenters. The number of rotatable bonds is 3. The molecule has 0 heterocycles. The van der Waals surface area contributed by atoms with Crippen LogP contribution in [0.5, 0.6) is 5.75 Å². The lowest BCUT2D eigenvalue weighted by atomic mass is 10.1. The highest BCUT2D eigenvalue weighted by Gasteiger charge is 2.00. The van der Waals surface area contributed by atoms with Crippen LogP contribution in [0.2, 0.25) is 0 Å². The summed E-state index contributed by atoms with van der Waals surface area (Å²) in [5, 5.41) is 8.41. The smallest absolute Gasteiger partial charge is 0.133 e. The van der Waals surface area contributed by atoms with Crippen molar-refractivity contribution in [3.05, 3.63) is 28.2 Å². The molecule has 13 heavy (non-hydrogen) atoms. The maximum absolute atomic E-state index is 8.41. The molecule has 0 amide bonds. The summed E-state index contributed by atoms with van der Waals surface area (Å²) in [7, 11) is 1.63. The summed E-state index contributed by atoms with van der Waals surface area (Å²) in [5.41, 5.74) is 1.15. The number of aryl methyl sites for hydroxylation is 1. The van der Waals surface area contributed by atoms with Crippen LogP contribution in [0.15, 0.2) is 22.7 Å². The third-order valence-corrected chi connectivity index (χ3v) is 2.36. The maximum atomic E-state index is 8.41. The number of methoxy groups -OCH3 is 1. The van der Waals surface area contributed by atoms with Crippen LogP contribution in [0.4, 0.5) is 0 Å². The predicted octanol–water partition coefficient (Wildman–Crippen LogP) is 2.91. The van der Waals surface area contributed by atoms with E-state index in [4.69, 9.17) is 10.00 Å². The van der Waals surface area contributed by atoms with Gasteiger partial charge in [0.15, 0.2) is 0 Å². The molecule has 0 saturated carbocycles. The lowest BCUT2D eigenvalue weighted by Gasteiger charge is -2.04. The van der Waals surface area contributed by atoms with E-state index >= 15 is 0 Å². The molecule has 1 aromatic carbocycles. The van der Waals surface area contributed by atoms with Gasteiger partial charge in [-0.15, -0.1) is 0 Å². The van der Waals surface area contributed by atoms with Crippen molar-refractivity contribution in [2.45, 2.75) is 12.8 Å². The predicted molar refractivity (Wildman–Crippen MR) is 54.6 cm³/mol. The molecule has 0 unspecified atom stereocenters. The Bertz CT molecular complexity index is 330. The average Bonchev–Trinajstić information content (AvgIpc) is 2.15. The summed E-state index contributed by atoms with van der Waals surface area (Å²) in [6, 6.07) is 7.97. The van der Waals surface area contributed by atoms with Gasteiger partial charge >= 0.3 is 0 Å². The van der Waals surface area contributed by atoms with Crippen LogP contribution in [0.1, 0.15) is 12.0 Å². The molecule has 68 valence electrons. The molecule has 0 aliphatic carbocycles. The van der Waals surface area contributed by atoms with Gasteiger partial charge in [-0.3, -0.25) is 0 Å². The van der Waals surface area contributed by atoms with Crippen molar-refractivity contribution in [2.75, 3.05) is 7.11 Å². The van der Waals surface area contributed by atoms with E-state index in [0.717, 1.165) is 22.2 Å². The van der Waals surface area contributed by atoms with E-state index in [1.54, 1.807) is 7.11 Å². The maximum Gasteiger partial charge on any atom is 0.133 e. The lowest BCUT2D eigenvalue weighted by Crippen LogP contribution is -1.87. The molecule has 0 N–H and O–H groups in total. The third kappa shape index (κ3) is 2.74. The fourth-order valence-corrected chi connectivity index (χ4v) is 1.65. The Morgan fingerprint density at radius 1 is 1.54 bits per heavy atom. The van der Waals surface area contributed by atoms with Crippen molar-refractivity contribution in [3.63, 3.8) is 0 Å². The van der Waals surface area contributed by atoms with Gasteiger partial charge in [-0.1, -0.05) is 6.07 Å². The minimum atomic E-state index is 0.554. The summed E-state index contributed by atoms with van der Waals surface area (Å²) in [6.45, 7) is 0.